The van der Waals surface area contributed by atoms with E-state index in [2.05, 4.69) is 4.98 Å². The van der Waals surface area contributed by atoms with Crippen LogP contribution in [0, 0.1) is 11.3 Å². The van der Waals surface area contributed by atoms with Gasteiger partial charge in [0.2, 0.25) is 0 Å². The Labute approximate surface area is 114 Å². The van der Waals surface area contributed by atoms with Gasteiger partial charge in [-0.15, -0.1) is 0 Å². The van der Waals surface area contributed by atoms with Gasteiger partial charge < -0.3 is 5.11 Å². The van der Waals surface area contributed by atoms with E-state index in [1.807, 2.05) is 12.1 Å². The number of rotatable bonds is 3. The van der Waals surface area contributed by atoms with Gasteiger partial charge >= 0.3 is 5.97 Å². The molecule has 2 aromatic rings. The number of nitrogens with zero attached hydrogens (tertiary/aromatic N) is 2. The van der Waals surface area contributed by atoms with Crippen LogP contribution in [0.25, 0.3) is 0 Å². The zero-order valence-corrected chi connectivity index (χ0v) is 10.6. The van der Waals surface area contributed by atoms with Gasteiger partial charge in [-0.3, -0.25) is 4.98 Å². The zero-order chi connectivity index (χ0) is 13.8. The number of pyridine rings is 1. The molecule has 0 atom stereocenters. The van der Waals surface area contributed by atoms with E-state index in [0.29, 0.717) is 17.7 Å². The number of halogens is 1. The number of aromatic nitrogens is 1. The van der Waals surface area contributed by atoms with E-state index in [1.54, 1.807) is 18.2 Å². The Morgan fingerprint density at radius 2 is 2.21 bits per heavy atom. The summed E-state index contributed by atoms with van der Waals surface area (Å²) >= 11 is 5.74. The fourth-order valence-corrected chi connectivity index (χ4v) is 1.90. The molecule has 1 aromatic heterocycles. The first-order chi connectivity index (χ1) is 9.10. The molecule has 4 nitrogen and oxygen atoms in total. The molecule has 0 amide bonds. The molecule has 1 heterocycles. The second kappa shape index (κ2) is 5.51. The van der Waals surface area contributed by atoms with Crippen molar-refractivity contribution in [1.82, 2.24) is 4.98 Å². The minimum absolute atomic E-state index is 0.0786. The minimum atomic E-state index is -1.07. The van der Waals surface area contributed by atoms with Crippen molar-refractivity contribution < 1.29 is 9.90 Å². The van der Waals surface area contributed by atoms with Crippen LogP contribution < -0.4 is 0 Å². The Morgan fingerprint density at radius 1 is 1.42 bits per heavy atom. The van der Waals surface area contributed by atoms with Crippen LogP contribution >= 0.6 is 11.6 Å². The van der Waals surface area contributed by atoms with Crippen molar-refractivity contribution in [3.8, 4) is 6.07 Å². The monoisotopic (exact) mass is 272 g/mol. The highest BCUT2D eigenvalue weighted by molar-refractivity contribution is 6.30. The van der Waals surface area contributed by atoms with Gasteiger partial charge in [-0.2, -0.15) is 5.26 Å². The summed E-state index contributed by atoms with van der Waals surface area (Å²) in [6.07, 6.45) is 1.76. The number of carbonyl (C=O) groups is 1. The van der Waals surface area contributed by atoms with E-state index in [-0.39, 0.29) is 10.6 Å². The van der Waals surface area contributed by atoms with Crippen molar-refractivity contribution in [3.63, 3.8) is 0 Å². The van der Waals surface area contributed by atoms with Crippen LogP contribution in [-0.4, -0.2) is 16.1 Å². The molecule has 0 bridgehead atoms. The van der Waals surface area contributed by atoms with E-state index in [4.69, 9.17) is 22.0 Å². The number of carboxylic acids is 1. The Bertz CT molecular complexity index is 677. The van der Waals surface area contributed by atoms with Gasteiger partial charge in [0.15, 0.2) is 0 Å². The third-order valence-corrected chi connectivity index (χ3v) is 2.80. The molecule has 0 spiro atoms. The quantitative estimate of drug-likeness (QED) is 0.932. The second-order valence-electron chi connectivity index (χ2n) is 3.94. The fourth-order valence-electron chi connectivity index (χ4n) is 1.74. The van der Waals surface area contributed by atoms with Crippen molar-refractivity contribution in [2.75, 3.05) is 0 Å². The molecule has 19 heavy (non-hydrogen) atoms. The first-order valence-electron chi connectivity index (χ1n) is 5.47. The summed E-state index contributed by atoms with van der Waals surface area (Å²) in [6.45, 7) is 0. The maximum Gasteiger partial charge on any atom is 0.337 e. The molecule has 94 valence electrons. The number of hydrogen-bond donors (Lipinski definition) is 1. The lowest BCUT2D eigenvalue weighted by Gasteiger charge is -2.06. The second-order valence-corrected chi connectivity index (χ2v) is 4.38. The summed E-state index contributed by atoms with van der Waals surface area (Å²) in [7, 11) is 0. The maximum atomic E-state index is 11.1. The summed E-state index contributed by atoms with van der Waals surface area (Å²) in [6, 6.07) is 10.4. The lowest BCUT2D eigenvalue weighted by atomic mass is 10.0. The van der Waals surface area contributed by atoms with Gasteiger partial charge in [0.25, 0.3) is 0 Å². The molecule has 0 saturated carbocycles. The van der Waals surface area contributed by atoms with Crippen molar-refractivity contribution in [2.24, 2.45) is 0 Å². The summed E-state index contributed by atoms with van der Waals surface area (Å²) in [5.74, 6) is -1.07. The van der Waals surface area contributed by atoms with Crippen LogP contribution in [0.1, 0.15) is 27.2 Å². The average Bonchev–Trinajstić information content (AvgIpc) is 2.41. The molecular formula is C14H9ClN2O2. The molecule has 0 aliphatic carbocycles. The lowest BCUT2D eigenvalue weighted by Crippen LogP contribution is -2.05. The number of nitriles is 1. The maximum absolute atomic E-state index is 11.1. The van der Waals surface area contributed by atoms with Crippen LogP contribution in [0.2, 0.25) is 5.02 Å². The van der Waals surface area contributed by atoms with Gasteiger partial charge in [-0.05, 0) is 23.8 Å². The molecule has 1 aromatic carbocycles. The molecule has 0 unspecified atom stereocenters. The summed E-state index contributed by atoms with van der Waals surface area (Å²) < 4.78 is 0. The molecule has 2 rings (SSSR count). The smallest absolute Gasteiger partial charge is 0.337 e. The molecule has 1 N–H and O–H groups in total. The van der Waals surface area contributed by atoms with E-state index < -0.39 is 5.97 Å². The van der Waals surface area contributed by atoms with E-state index in [9.17, 15) is 4.79 Å². The SMILES string of the molecule is N#Cc1cccc(Cc2ncc(Cl)cc2C(=O)O)c1. The van der Waals surface area contributed by atoms with Crippen molar-refractivity contribution in [1.29, 1.82) is 5.26 Å². The Hall–Kier alpha value is -2.38. The summed E-state index contributed by atoms with van der Waals surface area (Å²) in [5, 5.41) is 18.2. The minimum Gasteiger partial charge on any atom is -0.478 e. The van der Waals surface area contributed by atoms with E-state index >= 15 is 0 Å². The van der Waals surface area contributed by atoms with Crippen molar-refractivity contribution >= 4 is 17.6 Å². The van der Waals surface area contributed by atoms with Crippen LogP contribution in [0.5, 0.6) is 0 Å². The number of hydrogen-bond acceptors (Lipinski definition) is 3. The molecule has 0 aliphatic rings. The average molecular weight is 273 g/mol. The Morgan fingerprint density at radius 3 is 2.89 bits per heavy atom. The Balaban J connectivity index is 2.38. The normalized spacial score (nSPS) is 9.89. The van der Waals surface area contributed by atoms with E-state index in [1.165, 1.54) is 12.3 Å². The fraction of sp³-hybridized carbons (Fsp3) is 0.0714. The highest BCUT2D eigenvalue weighted by atomic mass is 35.5. The number of aromatic carboxylic acids is 1. The zero-order valence-electron chi connectivity index (χ0n) is 9.80. The van der Waals surface area contributed by atoms with Crippen molar-refractivity contribution in [3.05, 3.63) is 63.9 Å². The predicted octanol–water partition coefficient (Wildman–Crippen LogP) is 2.90. The molecule has 0 saturated heterocycles. The third-order valence-electron chi connectivity index (χ3n) is 2.59. The van der Waals surface area contributed by atoms with Crippen LogP contribution in [0.4, 0.5) is 0 Å². The standard InChI is InChI=1S/C14H9ClN2O2/c15-11-6-12(14(18)19)13(17-8-11)5-9-2-1-3-10(4-9)7-16/h1-4,6,8H,5H2,(H,18,19). The number of benzene rings is 1. The van der Waals surface area contributed by atoms with Crippen LogP contribution in [-0.2, 0) is 6.42 Å². The summed E-state index contributed by atoms with van der Waals surface area (Å²) in [4.78, 5) is 15.2. The first kappa shape index (κ1) is 13.1. The largest absolute Gasteiger partial charge is 0.478 e. The number of carboxylic acid groups (broad SMARTS) is 1. The van der Waals surface area contributed by atoms with Gasteiger partial charge in [-0.25, -0.2) is 4.79 Å². The highest BCUT2D eigenvalue weighted by Gasteiger charge is 2.12. The topological polar surface area (TPSA) is 74.0 Å². The Kier molecular flexibility index (Phi) is 3.79. The molecule has 0 fully saturated rings. The third kappa shape index (κ3) is 3.09. The summed E-state index contributed by atoms with van der Waals surface area (Å²) in [5.41, 5.74) is 1.86. The van der Waals surface area contributed by atoms with Crippen LogP contribution in [0.3, 0.4) is 0 Å². The van der Waals surface area contributed by atoms with E-state index in [0.717, 1.165) is 5.56 Å². The van der Waals surface area contributed by atoms with Gasteiger partial charge in [0.05, 0.1) is 27.9 Å². The lowest BCUT2D eigenvalue weighted by molar-refractivity contribution is 0.0695. The molecular weight excluding hydrogens is 264 g/mol. The first-order valence-corrected chi connectivity index (χ1v) is 5.84. The van der Waals surface area contributed by atoms with Gasteiger partial charge in [-0.1, -0.05) is 23.7 Å². The highest BCUT2D eigenvalue weighted by Crippen LogP contribution is 2.17. The molecule has 0 aliphatic heterocycles. The molecule has 5 heteroatoms. The van der Waals surface area contributed by atoms with Crippen molar-refractivity contribution in [2.45, 2.75) is 6.42 Å². The predicted molar refractivity (Wildman–Crippen MR) is 70.2 cm³/mol. The van der Waals surface area contributed by atoms with Gasteiger partial charge in [0.1, 0.15) is 0 Å². The molecule has 0 radical (unpaired) electrons. The van der Waals surface area contributed by atoms with Gasteiger partial charge in [0, 0.05) is 12.6 Å². The van der Waals surface area contributed by atoms with Crippen LogP contribution in [0.15, 0.2) is 36.5 Å².